The van der Waals surface area contributed by atoms with Gasteiger partial charge in [-0.3, -0.25) is 4.79 Å². The molecule has 1 unspecified atom stereocenters. The molecule has 1 saturated heterocycles. The number of rotatable bonds is 16. The molecule has 0 spiro atoms. The van der Waals surface area contributed by atoms with Crippen LogP contribution in [0.5, 0.6) is 0 Å². The Kier molecular flexibility index (Phi) is 12.5. The molecule has 1 aromatic rings. The molecule has 0 aromatic heterocycles. The van der Waals surface area contributed by atoms with Crippen molar-refractivity contribution in [3.8, 4) is 0 Å². The molecule has 2 N–H and O–H groups in total. The highest BCUT2D eigenvalue weighted by molar-refractivity contribution is 5.87. The summed E-state index contributed by atoms with van der Waals surface area (Å²) in [6.07, 6.45) is 11.3. The number of carbonyl (C=O) groups excluding carboxylic acids is 2. The fourth-order valence-electron chi connectivity index (χ4n) is 4.39. The SMILES string of the molecule is CCCCCCCCN1CC(C(=O)NCCCCCC)CN(Cc2ccc(C(=O)O)cc2)C1=O. The molecule has 1 aliphatic rings. The predicted octanol–water partition coefficient (Wildman–Crippen LogP) is 5.30. The monoisotopic (exact) mass is 473 g/mol. The van der Waals surface area contributed by atoms with E-state index in [-0.39, 0.29) is 23.4 Å². The third-order valence-electron chi connectivity index (χ3n) is 6.48. The van der Waals surface area contributed by atoms with Gasteiger partial charge in [0.25, 0.3) is 0 Å². The molecular weight excluding hydrogens is 430 g/mol. The van der Waals surface area contributed by atoms with Crippen LogP contribution in [0, 0.1) is 5.92 Å². The lowest BCUT2D eigenvalue weighted by Crippen LogP contribution is -2.56. The van der Waals surface area contributed by atoms with E-state index in [9.17, 15) is 14.4 Å². The minimum absolute atomic E-state index is 0.0168. The van der Waals surface area contributed by atoms with E-state index in [0.717, 1.165) is 37.7 Å². The van der Waals surface area contributed by atoms with Gasteiger partial charge in [0, 0.05) is 32.7 Å². The fraction of sp³-hybridized carbons (Fsp3) is 0.667. The van der Waals surface area contributed by atoms with E-state index in [2.05, 4.69) is 19.2 Å². The molecule has 7 heteroatoms. The van der Waals surface area contributed by atoms with Crippen molar-refractivity contribution in [2.75, 3.05) is 26.2 Å². The molecule has 34 heavy (non-hydrogen) atoms. The van der Waals surface area contributed by atoms with Crippen LogP contribution >= 0.6 is 0 Å². The number of nitrogens with one attached hydrogen (secondary N) is 1. The summed E-state index contributed by atoms with van der Waals surface area (Å²) in [5, 5.41) is 12.2. The lowest BCUT2D eigenvalue weighted by molar-refractivity contribution is -0.126. The normalized spacial score (nSPS) is 16.1. The van der Waals surface area contributed by atoms with Crippen molar-refractivity contribution in [3.05, 3.63) is 35.4 Å². The maximum Gasteiger partial charge on any atom is 0.335 e. The molecule has 7 nitrogen and oxygen atoms in total. The maximum atomic E-state index is 13.2. The first-order chi connectivity index (χ1) is 16.5. The molecule has 1 aromatic carbocycles. The first-order valence-corrected chi connectivity index (χ1v) is 13.1. The molecule has 2 rings (SSSR count). The summed E-state index contributed by atoms with van der Waals surface area (Å²) in [6.45, 7) is 6.92. The standard InChI is InChI=1S/C27H43N3O4/c1-3-5-7-9-10-12-18-29-20-24(25(31)28-17-11-8-6-4-2)21-30(27(29)34)19-22-13-15-23(16-14-22)26(32)33/h13-16,24H,3-12,17-21H2,1-2H3,(H,28,31)(H,32,33). The first kappa shape index (κ1) is 27.7. The van der Waals surface area contributed by atoms with Gasteiger partial charge in [-0.2, -0.15) is 0 Å². The highest BCUT2D eigenvalue weighted by atomic mass is 16.4. The van der Waals surface area contributed by atoms with Gasteiger partial charge in [0.1, 0.15) is 0 Å². The van der Waals surface area contributed by atoms with E-state index >= 15 is 0 Å². The number of hydrogen-bond acceptors (Lipinski definition) is 3. The molecule has 1 atom stereocenters. The van der Waals surface area contributed by atoms with Crippen LogP contribution in [0.2, 0.25) is 0 Å². The third kappa shape index (κ3) is 9.35. The van der Waals surface area contributed by atoms with Gasteiger partial charge in [0.15, 0.2) is 0 Å². The van der Waals surface area contributed by atoms with Crippen molar-refractivity contribution in [2.24, 2.45) is 5.92 Å². The molecule has 0 aliphatic carbocycles. The van der Waals surface area contributed by atoms with Crippen molar-refractivity contribution in [1.82, 2.24) is 15.1 Å². The van der Waals surface area contributed by atoms with Crippen LogP contribution in [0.25, 0.3) is 0 Å². The van der Waals surface area contributed by atoms with Gasteiger partial charge in [-0.05, 0) is 30.5 Å². The topological polar surface area (TPSA) is 90.0 Å². The van der Waals surface area contributed by atoms with Crippen LogP contribution in [0.3, 0.4) is 0 Å². The van der Waals surface area contributed by atoms with Crippen molar-refractivity contribution in [3.63, 3.8) is 0 Å². The van der Waals surface area contributed by atoms with Crippen LogP contribution in [-0.2, 0) is 11.3 Å². The van der Waals surface area contributed by atoms with Gasteiger partial charge in [-0.1, -0.05) is 77.3 Å². The van der Waals surface area contributed by atoms with Crippen LogP contribution in [0.15, 0.2) is 24.3 Å². The Balaban J connectivity index is 1.99. The maximum absolute atomic E-state index is 13.2. The van der Waals surface area contributed by atoms with E-state index in [1.165, 1.54) is 32.1 Å². The Morgan fingerprint density at radius 1 is 0.882 bits per heavy atom. The van der Waals surface area contributed by atoms with E-state index in [1.54, 1.807) is 29.2 Å². The smallest absolute Gasteiger partial charge is 0.335 e. The van der Waals surface area contributed by atoms with Crippen LogP contribution < -0.4 is 5.32 Å². The quantitative estimate of drug-likeness (QED) is 0.319. The van der Waals surface area contributed by atoms with E-state index < -0.39 is 5.97 Å². The molecule has 190 valence electrons. The zero-order valence-corrected chi connectivity index (χ0v) is 21.1. The minimum Gasteiger partial charge on any atom is -0.478 e. The molecule has 1 aliphatic heterocycles. The number of hydrogen-bond donors (Lipinski definition) is 2. The number of aromatic carboxylic acids is 1. The number of unbranched alkanes of at least 4 members (excludes halogenated alkanes) is 8. The number of carboxylic acid groups (broad SMARTS) is 1. The average molecular weight is 474 g/mol. The van der Waals surface area contributed by atoms with E-state index in [4.69, 9.17) is 5.11 Å². The molecule has 1 heterocycles. The summed E-state index contributed by atoms with van der Waals surface area (Å²) in [7, 11) is 0. The van der Waals surface area contributed by atoms with Gasteiger partial charge in [-0.25, -0.2) is 9.59 Å². The largest absolute Gasteiger partial charge is 0.478 e. The highest BCUT2D eigenvalue weighted by Crippen LogP contribution is 2.20. The Hall–Kier alpha value is -2.57. The molecule has 0 radical (unpaired) electrons. The number of amides is 3. The number of carboxylic acids is 1. The summed E-state index contributed by atoms with van der Waals surface area (Å²) in [6, 6.07) is 6.56. The van der Waals surface area contributed by atoms with Gasteiger partial charge in [0.2, 0.25) is 5.91 Å². The number of nitrogens with zero attached hydrogens (tertiary/aromatic N) is 2. The van der Waals surface area contributed by atoms with Crippen molar-refractivity contribution < 1.29 is 19.5 Å². The van der Waals surface area contributed by atoms with Gasteiger partial charge in [0.05, 0.1) is 11.5 Å². The zero-order chi connectivity index (χ0) is 24.8. The van der Waals surface area contributed by atoms with Crippen molar-refractivity contribution in [1.29, 1.82) is 0 Å². The van der Waals surface area contributed by atoms with Crippen LogP contribution in [0.4, 0.5) is 4.79 Å². The van der Waals surface area contributed by atoms with Crippen molar-refractivity contribution in [2.45, 2.75) is 84.6 Å². The summed E-state index contributed by atoms with van der Waals surface area (Å²) >= 11 is 0. The second-order valence-electron chi connectivity index (χ2n) is 9.43. The Morgan fingerprint density at radius 2 is 1.47 bits per heavy atom. The minimum atomic E-state index is -0.971. The predicted molar refractivity (Wildman–Crippen MR) is 135 cm³/mol. The Morgan fingerprint density at radius 3 is 2.12 bits per heavy atom. The lowest BCUT2D eigenvalue weighted by Gasteiger charge is -2.39. The molecule has 1 fully saturated rings. The average Bonchev–Trinajstić information content (AvgIpc) is 2.83. The summed E-state index contributed by atoms with van der Waals surface area (Å²) in [5.41, 5.74) is 1.08. The van der Waals surface area contributed by atoms with Gasteiger partial charge in [-0.15, -0.1) is 0 Å². The Labute approximate surface area is 204 Å². The summed E-state index contributed by atoms with van der Waals surface area (Å²) in [5.74, 6) is -1.22. The zero-order valence-electron chi connectivity index (χ0n) is 21.1. The van der Waals surface area contributed by atoms with Gasteiger partial charge < -0.3 is 20.2 Å². The first-order valence-electron chi connectivity index (χ1n) is 13.1. The van der Waals surface area contributed by atoms with Crippen LogP contribution in [-0.4, -0.2) is 59.0 Å². The van der Waals surface area contributed by atoms with Crippen LogP contribution in [0.1, 0.15) is 94.0 Å². The lowest BCUT2D eigenvalue weighted by atomic mass is 10.0. The highest BCUT2D eigenvalue weighted by Gasteiger charge is 2.35. The molecular formula is C27H43N3O4. The van der Waals surface area contributed by atoms with Gasteiger partial charge >= 0.3 is 12.0 Å². The third-order valence-corrected chi connectivity index (χ3v) is 6.48. The molecule has 3 amide bonds. The second kappa shape index (κ2) is 15.4. The summed E-state index contributed by atoms with van der Waals surface area (Å²) < 4.78 is 0. The molecule has 0 saturated carbocycles. The summed E-state index contributed by atoms with van der Waals surface area (Å²) in [4.78, 5) is 40.8. The van der Waals surface area contributed by atoms with E-state index in [0.29, 0.717) is 32.7 Å². The Bertz CT molecular complexity index is 766. The second-order valence-corrected chi connectivity index (χ2v) is 9.43. The van der Waals surface area contributed by atoms with Crippen molar-refractivity contribution >= 4 is 17.9 Å². The molecule has 0 bridgehead atoms. The number of benzene rings is 1. The fourth-order valence-corrected chi connectivity index (χ4v) is 4.39. The number of carbonyl (C=O) groups is 3. The van der Waals surface area contributed by atoms with E-state index in [1.807, 2.05) is 4.90 Å². The number of urea groups is 1.